The molecule has 1 aliphatic rings. The zero-order valence-electron chi connectivity index (χ0n) is 12.8. The summed E-state index contributed by atoms with van der Waals surface area (Å²) < 4.78 is 22.3. The molecule has 1 aliphatic heterocycles. The molecule has 0 saturated carbocycles. The van der Waals surface area contributed by atoms with Gasteiger partial charge in [0.2, 0.25) is 15.9 Å². The minimum atomic E-state index is -3.52. The first-order chi connectivity index (χ1) is 10.9. The van der Waals surface area contributed by atoms with Gasteiger partial charge in [0, 0.05) is 25.4 Å². The van der Waals surface area contributed by atoms with Gasteiger partial charge in [-0.1, -0.05) is 42.5 Å². The van der Waals surface area contributed by atoms with Crippen LogP contribution in [0.3, 0.4) is 0 Å². The summed E-state index contributed by atoms with van der Waals surface area (Å²) in [7, 11) is -3.52. The number of fused-ring (bicyclic) bond motifs is 1. The summed E-state index contributed by atoms with van der Waals surface area (Å²) in [5, 5.41) is 7.45. The molecule has 2 aromatic rings. The van der Waals surface area contributed by atoms with Gasteiger partial charge in [0.1, 0.15) is 0 Å². The lowest BCUT2D eigenvalue weighted by molar-refractivity contribution is -0.127. The zero-order valence-corrected chi connectivity index (χ0v) is 13.6. The van der Waals surface area contributed by atoms with E-state index in [9.17, 15) is 13.2 Å². The molecule has 0 aromatic heterocycles. The van der Waals surface area contributed by atoms with Crippen molar-refractivity contribution in [3.05, 3.63) is 48.0 Å². The van der Waals surface area contributed by atoms with Crippen molar-refractivity contribution in [2.75, 3.05) is 18.8 Å². The van der Waals surface area contributed by atoms with Crippen LogP contribution >= 0.6 is 0 Å². The van der Waals surface area contributed by atoms with Crippen molar-refractivity contribution in [1.82, 2.24) is 4.90 Å². The zero-order chi connectivity index (χ0) is 16.4. The van der Waals surface area contributed by atoms with E-state index in [2.05, 4.69) is 30.3 Å². The molecule has 1 heterocycles. The van der Waals surface area contributed by atoms with Crippen LogP contribution in [-0.4, -0.2) is 38.1 Å². The second-order valence-corrected chi connectivity index (χ2v) is 7.83. The fourth-order valence-electron chi connectivity index (χ4n) is 3.17. The third-order valence-electron chi connectivity index (χ3n) is 4.25. The van der Waals surface area contributed by atoms with E-state index in [0.29, 0.717) is 13.1 Å². The van der Waals surface area contributed by atoms with E-state index in [0.717, 1.165) is 6.42 Å². The van der Waals surface area contributed by atoms with Crippen molar-refractivity contribution in [2.24, 2.45) is 11.1 Å². The van der Waals surface area contributed by atoms with Gasteiger partial charge in [-0.05, 0) is 22.8 Å². The Balaban J connectivity index is 1.62. The number of amides is 1. The highest BCUT2D eigenvalue weighted by molar-refractivity contribution is 7.89. The second kappa shape index (κ2) is 6.29. The Hall–Kier alpha value is -1.92. The summed E-state index contributed by atoms with van der Waals surface area (Å²) in [6, 6.07) is 14.5. The van der Waals surface area contributed by atoms with E-state index in [1.807, 2.05) is 12.1 Å². The molecular weight excluding hydrogens is 312 g/mol. The quantitative estimate of drug-likeness (QED) is 0.901. The molecule has 1 amide bonds. The Morgan fingerprint density at radius 1 is 1.13 bits per heavy atom. The normalized spacial score (nSPS) is 18.7. The molecule has 122 valence electrons. The van der Waals surface area contributed by atoms with Crippen LogP contribution in [-0.2, 0) is 21.2 Å². The molecule has 23 heavy (non-hydrogen) atoms. The fraction of sp³-hybridized carbons (Fsp3) is 0.353. The lowest BCUT2D eigenvalue weighted by Gasteiger charge is -2.16. The van der Waals surface area contributed by atoms with Gasteiger partial charge in [-0.2, -0.15) is 0 Å². The van der Waals surface area contributed by atoms with Crippen molar-refractivity contribution in [3.8, 4) is 0 Å². The SMILES string of the molecule is NS(=O)(=O)CC1CC(=O)N(CCc2ccc3ccccc3c2)C1. The Kier molecular flexibility index (Phi) is 4.37. The number of benzene rings is 2. The summed E-state index contributed by atoms with van der Waals surface area (Å²) in [5.41, 5.74) is 1.17. The van der Waals surface area contributed by atoms with E-state index in [1.54, 1.807) is 4.90 Å². The Bertz CT molecular complexity index is 833. The van der Waals surface area contributed by atoms with E-state index >= 15 is 0 Å². The first kappa shape index (κ1) is 16.0. The maximum Gasteiger partial charge on any atom is 0.222 e. The second-order valence-electron chi connectivity index (χ2n) is 6.17. The van der Waals surface area contributed by atoms with Crippen LogP contribution in [0.25, 0.3) is 10.8 Å². The van der Waals surface area contributed by atoms with Gasteiger partial charge >= 0.3 is 0 Å². The van der Waals surface area contributed by atoms with Gasteiger partial charge < -0.3 is 4.90 Å². The average Bonchev–Trinajstić information content (AvgIpc) is 2.82. The molecule has 0 bridgehead atoms. The lowest BCUT2D eigenvalue weighted by Crippen LogP contribution is -2.29. The predicted octanol–water partition coefficient (Wildman–Crippen LogP) is 1.52. The van der Waals surface area contributed by atoms with E-state index < -0.39 is 10.0 Å². The summed E-state index contributed by atoms with van der Waals surface area (Å²) in [4.78, 5) is 13.7. The fourth-order valence-corrected chi connectivity index (χ4v) is 4.05. The molecule has 0 spiro atoms. The first-order valence-corrected chi connectivity index (χ1v) is 9.38. The van der Waals surface area contributed by atoms with Gasteiger partial charge in [-0.25, -0.2) is 13.6 Å². The van der Waals surface area contributed by atoms with Crippen molar-refractivity contribution in [3.63, 3.8) is 0 Å². The maximum atomic E-state index is 12.0. The topological polar surface area (TPSA) is 80.5 Å². The lowest BCUT2D eigenvalue weighted by atomic mass is 10.1. The Morgan fingerprint density at radius 2 is 1.87 bits per heavy atom. The van der Waals surface area contributed by atoms with Crippen LogP contribution in [0.4, 0.5) is 0 Å². The molecule has 6 heteroatoms. The molecule has 0 aliphatic carbocycles. The molecule has 2 aromatic carbocycles. The largest absolute Gasteiger partial charge is 0.342 e. The Labute approximate surface area is 136 Å². The standard InChI is InChI=1S/C17H20N2O3S/c18-23(21,22)12-14-10-17(20)19(11-14)8-7-13-5-6-15-3-1-2-4-16(15)9-13/h1-6,9,14H,7-8,10-12H2,(H2,18,21,22). The van der Waals surface area contributed by atoms with Crippen LogP contribution in [0.15, 0.2) is 42.5 Å². The highest BCUT2D eigenvalue weighted by atomic mass is 32.2. The molecule has 1 atom stereocenters. The monoisotopic (exact) mass is 332 g/mol. The van der Waals surface area contributed by atoms with Crippen LogP contribution in [0.1, 0.15) is 12.0 Å². The number of nitrogens with two attached hydrogens (primary N) is 1. The van der Waals surface area contributed by atoms with Gasteiger partial charge in [0.25, 0.3) is 0 Å². The van der Waals surface area contributed by atoms with E-state index in [-0.39, 0.29) is 24.0 Å². The first-order valence-electron chi connectivity index (χ1n) is 7.67. The number of nitrogens with zero attached hydrogens (tertiary/aromatic N) is 1. The number of hydrogen-bond donors (Lipinski definition) is 1. The van der Waals surface area contributed by atoms with Crippen molar-refractivity contribution < 1.29 is 13.2 Å². The number of primary sulfonamides is 1. The number of likely N-dealkylation sites (tertiary alicyclic amines) is 1. The molecule has 3 rings (SSSR count). The Morgan fingerprint density at radius 3 is 2.61 bits per heavy atom. The number of rotatable bonds is 5. The molecule has 5 nitrogen and oxygen atoms in total. The van der Waals surface area contributed by atoms with Crippen LogP contribution in [0.5, 0.6) is 0 Å². The minimum Gasteiger partial charge on any atom is -0.342 e. The molecule has 1 saturated heterocycles. The number of sulfonamides is 1. The van der Waals surface area contributed by atoms with Gasteiger partial charge in [0.15, 0.2) is 0 Å². The third-order valence-corrected chi connectivity index (χ3v) is 5.18. The van der Waals surface area contributed by atoms with Gasteiger partial charge in [0.05, 0.1) is 5.75 Å². The van der Waals surface area contributed by atoms with Crippen molar-refractivity contribution in [2.45, 2.75) is 12.8 Å². The number of carbonyl (C=O) groups is 1. The average molecular weight is 332 g/mol. The van der Waals surface area contributed by atoms with Gasteiger partial charge in [-0.3, -0.25) is 4.79 Å². The molecule has 2 N–H and O–H groups in total. The summed E-state index contributed by atoms with van der Waals surface area (Å²) in [6.07, 6.45) is 1.03. The predicted molar refractivity (Wildman–Crippen MR) is 90.3 cm³/mol. The molecule has 0 radical (unpaired) electrons. The third kappa shape index (κ3) is 4.09. The van der Waals surface area contributed by atoms with Crippen LogP contribution in [0, 0.1) is 5.92 Å². The van der Waals surface area contributed by atoms with E-state index in [1.165, 1.54) is 16.3 Å². The number of carbonyl (C=O) groups excluding carboxylic acids is 1. The summed E-state index contributed by atoms with van der Waals surface area (Å²) >= 11 is 0. The summed E-state index contributed by atoms with van der Waals surface area (Å²) in [5.74, 6) is -0.292. The smallest absolute Gasteiger partial charge is 0.222 e. The number of hydrogen-bond acceptors (Lipinski definition) is 3. The van der Waals surface area contributed by atoms with E-state index in [4.69, 9.17) is 5.14 Å². The minimum absolute atomic E-state index is 0.0134. The summed E-state index contributed by atoms with van der Waals surface area (Å²) in [6.45, 7) is 1.08. The van der Waals surface area contributed by atoms with Crippen molar-refractivity contribution >= 4 is 26.7 Å². The maximum absolute atomic E-state index is 12.0. The van der Waals surface area contributed by atoms with Crippen molar-refractivity contribution in [1.29, 1.82) is 0 Å². The molecule has 1 unspecified atom stereocenters. The van der Waals surface area contributed by atoms with Crippen LogP contribution < -0.4 is 5.14 Å². The van der Waals surface area contributed by atoms with Gasteiger partial charge in [-0.15, -0.1) is 0 Å². The highest BCUT2D eigenvalue weighted by Crippen LogP contribution is 2.20. The highest BCUT2D eigenvalue weighted by Gasteiger charge is 2.31. The molecule has 1 fully saturated rings. The molecular formula is C17H20N2O3S. The van der Waals surface area contributed by atoms with Crippen LogP contribution in [0.2, 0.25) is 0 Å².